The lowest BCUT2D eigenvalue weighted by Crippen LogP contribution is -2.22. The van der Waals surface area contributed by atoms with E-state index in [-0.39, 0.29) is 34.4 Å². The molecule has 1 fully saturated rings. The highest BCUT2D eigenvalue weighted by Crippen LogP contribution is 2.60. The minimum absolute atomic E-state index is 0.0796. The van der Waals surface area contributed by atoms with Gasteiger partial charge in [0.1, 0.15) is 5.82 Å². The number of nitrogens with one attached hydrogen (secondary N) is 1. The average Bonchev–Trinajstić information content (AvgIpc) is 3.07. The van der Waals surface area contributed by atoms with Crippen LogP contribution in [0.4, 0.5) is 0 Å². The Morgan fingerprint density at radius 1 is 1.42 bits per heavy atom. The zero-order valence-electron chi connectivity index (χ0n) is 15.1. The van der Waals surface area contributed by atoms with Crippen LogP contribution in [-0.4, -0.2) is 15.8 Å². The van der Waals surface area contributed by atoms with Crippen molar-refractivity contribution in [1.29, 1.82) is 5.26 Å². The zero-order valence-corrected chi connectivity index (χ0v) is 15.9. The second-order valence-corrected chi connectivity index (χ2v) is 8.08. The molecule has 0 saturated heterocycles. The summed E-state index contributed by atoms with van der Waals surface area (Å²) in [5, 5.41) is 10.4. The van der Waals surface area contributed by atoms with E-state index in [1.807, 2.05) is 33.8 Å². The molecule has 3 rings (SSSR count). The van der Waals surface area contributed by atoms with Gasteiger partial charge in [0.15, 0.2) is 11.7 Å². The van der Waals surface area contributed by atoms with Crippen molar-refractivity contribution in [3.05, 3.63) is 51.0 Å². The van der Waals surface area contributed by atoms with E-state index in [0.717, 1.165) is 5.57 Å². The number of carbonyl (C=O) groups is 1. The first-order valence-corrected chi connectivity index (χ1v) is 8.82. The Morgan fingerprint density at radius 2 is 2.12 bits per heavy atom. The number of aromatic amines is 1. The van der Waals surface area contributed by atoms with Gasteiger partial charge in [-0.05, 0) is 43.4 Å². The molecule has 0 unspecified atom stereocenters. The molecule has 26 heavy (non-hydrogen) atoms. The van der Waals surface area contributed by atoms with Gasteiger partial charge in [-0.15, -0.1) is 0 Å². The lowest BCUT2D eigenvalue weighted by molar-refractivity contribution is -0.121. The average molecular weight is 370 g/mol. The number of rotatable bonds is 4. The molecule has 0 spiro atoms. The third kappa shape index (κ3) is 3.06. The molecule has 0 radical (unpaired) electrons. The maximum atomic E-state index is 13.0. The molecule has 0 amide bonds. The van der Waals surface area contributed by atoms with Gasteiger partial charge in [-0.2, -0.15) is 5.26 Å². The number of halogens is 1. The monoisotopic (exact) mass is 369 g/mol. The molecule has 2 aromatic rings. The van der Waals surface area contributed by atoms with Crippen molar-refractivity contribution in [3.8, 4) is 6.07 Å². The fourth-order valence-corrected chi connectivity index (χ4v) is 3.76. The molecule has 0 aliphatic heterocycles. The van der Waals surface area contributed by atoms with Gasteiger partial charge < -0.3 is 4.98 Å². The largest absolute Gasteiger partial charge is 0.308 e. The topological polar surface area (TPSA) is 86.6 Å². The van der Waals surface area contributed by atoms with Crippen molar-refractivity contribution in [3.63, 3.8) is 0 Å². The molecule has 134 valence electrons. The van der Waals surface area contributed by atoms with Crippen LogP contribution in [0.5, 0.6) is 0 Å². The molecule has 1 aromatic heterocycles. The van der Waals surface area contributed by atoms with E-state index in [9.17, 15) is 14.9 Å². The van der Waals surface area contributed by atoms with E-state index in [2.05, 4.69) is 16.0 Å². The number of fused-ring (bicyclic) bond motifs is 1. The van der Waals surface area contributed by atoms with Crippen molar-refractivity contribution >= 4 is 28.3 Å². The molecule has 1 aliphatic rings. The smallest absolute Gasteiger partial charge is 0.258 e. The number of benzene rings is 1. The molecule has 1 N–H and O–H groups in total. The number of Topliss-reactive ketones (excluding diaryl/α,β-unsaturated/α-hetero) is 1. The quantitative estimate of drug-likeness (QED) is 0.825. The van der Waals surface area contributed by atoms with Crippen LogP contribution in [-0.2, 0) is 4.79 Å². The standard InChI is InChI=1S/C20H20ClN3O2/c1-10(2)7-14-16(20(14,3)4)17(25)13(9-22)18-23-15-8-11(21)5-6-12(15)19(26)24-18/h5-8,13-14,16H,1-4H3,(H,23,24,26)/t13-,14-,16-/m1/s1. The normalized spacial score (nSPS) is 21.7. The lowest BCUT2D eigenvalue weighted by atomic mass is 9.96. The van der Waals surface area contributed by atoms with Crippen molar-refractivity contribution in [2.24, 2.45) is 17.3 Å². The molecule has 1 heterocycles. The van der Waals surface area contributed by atoms with Gasteiger partial charge in [-0.1, -0.05) is 37.1 Å². The van der Waals surface area contributed by atoms with Crippen LogP contribution in [0, 0.1) is 28.6 Å². The summed E-state index contributed by atoms with van der Waals surface area (Å²) >= 11 is 5.97. The zero-order chi connectivity index (χ0) is 19.2. The fraction of sp³-hybridized carbons (Fsp3) is 0.400. The Labute approximate surface area is 156 Å². The Hall–Kier alpha value is -2.45. The lowest BCUT2D eigenvalue weighted by Gasteiger charge is -2.09. The predicted molar refractivity (Wildman–Crippen MR) is 101 cm³/mol. The number of hydrogen-bond donors (Lipinski definition) is 1. The SMILES string of the molecule is CC(C)=C[C@@H]1[C@H](C(=O)[C@@H](C#N)c2nc3cc(Cl)ccc3c(=O)[nH]2)C1(C)C. The van der Waals surface area contributed by atoms with Crippen LogP contribution in [0.1, 0.15) is 39.4 Å². The van der Waals surface area contributed by atoms with Crippen LogP contribution < -0.4 is 5.56 Å². The van der Waals surface area contributed by atoms with E-state index >= 15 is 0 Å². The summed E-state index contributed by atoms with van der Waals surface area (Å²) in [5.41, 5.74) is 0.925. The maximum Gasteiger partial charge on any atom is 0.258 e. The van der Waals surface area contributed by atoms with Crippen molar-refractivity contribution in [2.45, 2.75) is 33.6 Å². The highest BCUT2D eigenvalue weighted by Gasteiger charge is 2.61. The Morgan fingerprint density at radius 3 is 2.73 bits per heavy atom. The summed E-state index contributed by atoms with van der Waals surface area (Å²) in [6.45, 7) is 8.02. The van der Waals surface area contributed by atoms with Crippen LogP contribution in [0.15, 0.2) is 34.6 Å². The Balaban J connectivity index is 2.01. The molecule has 0 bridgehead atoms. The van der Waals surface area contributed by atoms with Gasteiger partial charge in [-0.3, -0.25) is 9.59 Å². The fourth-order valence-electron chi connectivity index (χ4n) is 3.60. The van der Waals surface area contributed by atoms with Gasteiger partial charge in [0.2, 0.25) is 0 Å². The highest BCUT2D eigenvalue weighted by atomic mass is 35.5. The van der Waals surface area contributed by atoms with Crippen molar-refractivity contribution in [2.75, 3.05) is 0 Å². The second kappa shape index (κ2) is 6.37. The Bertz CT molecular complexity index is 1030. The number of aromatic nitrogens is 2. The van der Waals surface area contributed by atoms with Crippen LogP contribution in [0.3, 0.4) is 0 Å². The van der Waals surface area contributed by atoms with Crippen molar-refractivity contribution in [1.82, 2.24) is 9.97 Å². The second-order valence-electron chi connectivity index (χ2n) is 7.65. The van der Waals surface area contributed by atoms with Gasteiger partial charge in [0.05, 0.1) is 17.0 Å². The number of H-pyrrole nitrogens is 1. The molecule has 1 aromatic carbocycles. The minimum Gasteiger partial charge on any atom is -0.308 e. The number of nitriles is 1. The van der Waals surface area contributed by atoms with Gasteiger partial charge in [0.25, 0.3) is 5.56 Å². The molecular formula is C20H20ClN3O2. The first-order chi connectivity index (χ1) is 12.2. The summed E-state index contributed by atoms with van der Waals surface area (Å²) in [6.07, 6.45) is 2.08. The Kier molecular flexibility index (Phi) is 4.49. The summed E-state index contributed by atoms with van der Waals surface area (Å²) in [6, 6.07) is 6.75. The number of nitrogens with zero attached hydrogens (tertiary/aromatic N) is 2. The number of ketones is 1. The molecule has 1 saturated carbocycles. The molecule has 3 atom stereocenters. The molecule has 1 aliphatic carbocycles. The van der Waals surface area contributed by atoms with E-state index in [1.54, 1.807) is 18.2 Å². The maximum absolute atomic E-state index is 13.0. The van der Waals surface area contributed by atoms with Gasteiger partial charge in [-0.25, -0.2) is 4.98 Å². The third-order valence-corrected chi connectivity index (χ3v) is 5.34. The number of carbonyl (C=O) groups excluding carboxylic acids is 1. The first-order valence-electron chi connectivity index (χ1n) is 8.44. The van der Waals surface area contributed by atoms with Crippen molar-refractivity contribution < 1.29 is 4.79 Å². The number of hydrogen-bond acceptors (Lipinski definition) is 4. The van der Waals surface area contributed by atoms with Crippen LogP contribution in [0.2, 0.25) is 5.02 Å². The van der Waals surface area contributed by atoms with Crippen LogP contribution in [0.25, 0.3) is 10.9 Å². The van der Waals surface area contributed by atoms with E-state index in [0.29, 0.717) is 15.9 Å². The molecule has 6 heteroatoms. The first kappa shape index (κ1) is 18.3. The predicted octanol–water partition coefficient (Wildman–Crippen LogP) is 3.99. The molecular weight excluding hydrogens is 350 g/mol. The van der Waals surface area contributed by atoms with E-state index in [4.69, 9.17) is 11.6 Å². The van der Waals surface area contributed by atoms with Gasteiger partial charge in [0, 0.05) is 10.9 Å². The van der Waals surface area contributed by atoms with Crippen LogP contribution >= 0.6 is 11.6 Å². The van der Waals surface area contributed by atoms with E-state index in [1.165, 1.54) is 0 Å². The highest BCUT2D eigenvalue weighted by molar-refractivity contribution is 6.31. The summed E-state index contributed by atoms with van der Waals surface area (Å²) < 4.78 is 0. The summed E-state index contributed by atoms with van der Waals surface area (Å²) in [7, 11) is 0. The minimum atomic E-state index is -1.11. The van der Waals surface area contributed by atoms with Gasteiger partial charge >= 0.3 is 0 Å². The number of allylic oxidation sites excluding steroid dienone is 2. The van der Waals surface area contributed by atoms with E-state index < -0.39 is 5.92 Å². The summed E-state index contributed by atoms with van der Waals surface area (Å²) in [4.78, 5) is 32.3. The molecule has 5 nitrogen and oxygen atoms in total. The summed E-state index contributed by atoms with van der Waals surface area (Å²) in [5.74, 6) is -1.40. The third-order valence-electron chi connectivity index (χ3n) is 5.10.